The molecule has 1 aliphatic heterocycles. The number of non-ortho nitro benzene ring substituents is 1. The molecule has 1 N–H and O–H groups in total. The number of piperidine rings is 1. The smallest absolute Gasteiger partial charge is 0.269 e. The number of hydrogen-bond donors (Lipinski definition) is 1. The summed E-state index contributed by atoms with van der Waals surface area (Å²) in [6.45, 7) is 7.49. The maximum absolute atomic E-state index is 12.9. The number of carbonyl (C=O) groups excluding carboxylic acids is 1. The van der Waals surface area contributed by atoms with Gasteiger partial charge in [0.25, 0.3) is 5.69 Å². The van der Waals surface area contributed by atoms with Crippen LogP contribution in [0.5, 0.6) is 0 Å². The van der Waals surface area contributed by atoms with Crippen molar-refractivity contribution >= 4 is 11.6 Å². The van der Waals surface area contributed by atoms with Crippen molar-refractivity contribution in [2.24, 2.45) is 5.92 Å². The van der Waals surface area contributed by atoms with E-state index in [-0.39, 0.29) is 23.6 Å². The molecule has 1 aliphatic rings. The third kappa shape index (κ3) is 4.51. The van der Waals surface area contributed by atoms with Crippen molar-refractivity contribution in [2.75, 3.05) is 6.54 Å². The van der Waals surface area contributed by atoms with E-state index in [0.717, 1.165) is 24.9 Å². The van der Waals surface area contributed by atoms with Crippen molar-refractivity contribution < 1.29 is 9.72 Å². The van der Waals surface area contributed by atoms with E-state index >= 15 is 0 Å². The molecule has 2 rings (SSSR count). The molecule has 0 spiro atoms. The number of nitrogens with zero attached hydrogens (tertiary/aromatic N) is 2. The van der Waals surface area contributed by atoms with Gasteiger partial charge < -0.3 is 10.2 Å². The molecule has 1 amide bonds. The zero-order chi connectivity index (χ0) is 17.0. The quantitative estimate of drug-likeness (QED) is 0.669. The Morgan fingerprint density at radius 2 is 2.04 bits per heavy atom. The Hall–Kier alpha value is -1.95. The fraction of sp³-hybridized carbons (Fsp3) is 0.588. The summed E-state index contributed by atoms with van der Waals surface area (Å²) in [5, 5.41) is 14.1. The van der Waals surface area contributed by atoms with E-state index in [0.29, 0.717) is 12.6 Å². The van der Waals surface area contributed by atoms with Gasteiger partial charge in [-0.3, -0.25) is 14.9 Å². The Morgan fingerprint density at radius 3 is 2.57 bits per heavy atom. The highest BCUT2D eigenvalue weighted by Gasteiger charge is 2.29. The van der Waals surface area contributed by atoms with Crippen LogP contribution in [-0.2, 0) is 11.3 Å². The van der Waals surface area contributed by atoms with Crippen LogP contribution < -0.4 is 5.32 Å². The molecule has 0 aromatic heterocycles. The molecule has 2 atom stereocenters. The minimum atomic E-state index is -0.411. The van der Waals surface area contributed by atoms with E-state index in [1.54, 1.807) is 12.1 Å². The van der Waals surface area contributed by atoms with Crippen molar-refractivity contribution in [3.63, 3.8) is 0 Å². The second-order valence-electron chi connectivity index (χ2n) is 6.56. The van der Waals surface area contributed by atoms with Gasteiger partial charge in [-0.2, -0.15) is 0 Å². The molecular formula is C17H25N3O3. The molecule has 126 valence electrons. The number of carbonyl (C=O) groups is 1. The van der Waals surface area contributed by atoms with Gasteiger partial charge in [-0.15, -0.1) is 0 Å². The van der Waals surface area contributed by atoms with E-state index in [4.69, 9.17) is 0 Å². The van der Waals surface area contributed by atoms with Crippen LogP contribution in [-0.4, -0.2) is 34.4 Å². The summed E-state index contributed by atoms with van der Waals surface area (Å²) < 4.78 is 0. The maximum atomic E-state index is 12.9. The van der Waals surface area contributed by atoms with E-state index in [1.165, 1.54) is 12.1 Å². The number of nitro groups is 1. The van der Waals surface area contributed by atoms with Gasteiger partial charge in [0, 0.05) is 36.7 Å². The molecule has 1 aromatic rings. The van der Waals surface area contributed by atoms with Crippen LogP contribution in [0.2, 0.25) is 0 Å². The molecule has 0 unspecified atom stereocenters. The fourth-order valence-corrected chi connectivity index (χ4v) is 3.03. The Balaban J connectivity index is 2.08. The summed E-state index contributed by atoms with van der Waals surface area (Å²) in [5.74, 6) is 0.249. The Morgan fingerprint density at radius 1 is 1.39 bits per heavy atom. The summed E-state index contributed by atoms with van der Waals surface area (Å²) in [7, 11) is 0. The van der Waals surface area contributed by atoms with Crippen molar-refractivity contribution in [2.45, 2.75) is 52.2 Å². The number of hydrogen-bond acceptors (Lipinski definition) is 4. The molecule has 0 aliphatic carbocycles. The molecule has 0 bridgehead atoms. The van der Waals surface area contributed by atoms with Crippen LogP contribution >= 0.6 is 0 Å². The highest BCUT2D eigenvalue weighted by molar-refractivity contribution is 5.79. The lowest BCUT2D eigenvalue weighted by Gasteiger charge is -2.34. The van der Waals surface area contributed by atoms with Crippen LogP contribution in [0, 0.1) is 16.0 Å². The van der Waals surface area contributed by atoms with Crippen molar-refractivity contribution in [1.29, 1.82) is 0 Å². The van der Waals surface area contributed by atoms with Crippen LogP contribution in [0.4, 0.5) is 5.69 Å². The number of nitrogens with one attached hydrogen (secondary N) is 1. The predicted molar refractivity (Wildman–Crippen MR) is 89.0 cm³/mol. The summed E-state index contributed by atoms with van der Waals surface area (Å²) in [6.07, 6.45) is 1.73. The van der Waals surface area contributed by atoms with E-state index in [1.807, 2.05) is 18.7 Å². The summed E-state index contributed by atoms with van der Waals surface area (Å²) in [5.41, 5.74) is 0.989. The lowest BCUT2D eigenvalue weighted by molar-refractivity contribution is -0.384. The number of nitro benzene ring substituents is 1. The molecule has 0 radical (unpaired) electrons. The SMILES string of the molecule is CC(C)N(Cc1ccc([N+](=O)[O-])cc1)C(=O)[C@H]1CCN[C@@H](C)C1. The molecule has 1 heterocycles. The lowest BCUT2D eigenvalue weighted by Crippen LogP contribution is -2.46. The van der Waals surface area contributed by atoms with Crippen molar-refractivity contribution in [1.82, 2.24) is 10.2 Å². The normalized spacial score (nSPS) is 21.2. The first-order valence-electron chi connectivity index (χ1n) is 8.15. The first kappa shape index (κ1) is 17.4. The number of benzene rings is 1. The highest BCUT2D eigenvalue weighted by Crippen LogP contribution is 2.22. The summed E-state index contributed by atoms with van der Waals surface area (Å²) >= 11 is 0. The fourth-order valence-electron chi connectivity index (χ4n) is 3.03. The first-order chi connectivity index (χ1) is 10.9. The monoisotopic (exact) mass is 319 g/mol. The van der Waals surface area contributed by atoms with E-state index in [9.17, 15) is 14.9 Å². The lowest BCUT2D eigenvalue weighted by atomic mass is 9.91. The van der Waals surface area contributed by atoms with Gasteiger partial charge in [0.2, 0.25) is 5.91 Å². The van der Waals surface area contributed by atoms with Crippen LogP contribution in [0.15, 0.2) is 24.3 Å². The van der Waals surface area contributed by atoms with Gasteiger partial charge >= 0.3 is 0 Å². The van der Waals surface area contributed by atoms with Crippen molar-refractivity contribution in [3.05, 3.63) is 39.9 Å². The van der Waals surface area contributed by atoms with Gasteiger partial charge in [0.05, 0.1) is 4.92 Å². The number of rotatable bonds is 5. The maximum Gasteiger partial charge on any atom is 0.269 e. The molecular weight excluding hydrogens is 294 g/mol. The highest BCUT2D eigenvalue weighted by atomic mass is 16.6. The standard InChI is InChI=1S/C17H25N3O3/c1-12(2)19(17(21)15-8-9-18-13(3)10-15)11-14-4-6-16(7-5-14)20(22)23/h4-7,12-13,15,18H,8-11H2,1-3H3/t13-,15-/m0/s1. The Bertz CT molecular complexity index is 557. The largest absolute Gasteiger partial charge is 0.336 e. The van der Waals surface area contributed by atoms with Crippen molar-refractivity contribution in [3.8, 4) is 0 Å². The molecule has 1 fully saturated rings. The zero-order valence-corrected chi connectivity index (χ0v) is 14.0. The molecule has 1 aromatic carbocycles. The Labute approximate surface area is 137 Å². The molecule has 6 heteroatoms. The number of amides is 1. The molecule has 1 saturated heterocycles. The average Bonchev–Trinajstić information content (AvgIpc) is 2.52. The second-order valence-corrected chi connectivity index (χ2v) is 6.56. The molecule has 6 nitrogen and oxygen atoms in total. The van der Waals surface area contributed by atoms with Gasteiger partial charge in [-0.1, -0.05) is 12.1 Å². The minimum absolute atomic E-state index is 0.0618. The summed E-state index contributed by atoms with van der Waals surface area (Å²) in [6, 6.07) is 6.90. The van der Waals surface area contributed by atoms with Crippen LogP contribution in [0.1, 0.15) is 39.2 Å². The first-order valence-corrected chi connectivity index (χ1v) is 8.15. The van der Waals surface area contributed by atoms with E-state index in [2.05, 4.69) is 12.2 Å². The zero-order valence-electron chi connectivity index (χ0n) is 14.0. The topological polar surface area (TPSA) is 75.5 Å². The summed E-state index contributed by atoms with van der Waals surface area (Å²) in [4.78, 5) is 25.0. The second kappa shape index (κ2) is 7.55. The Kier molecular flexibility index (Phi) is 5.71. The van der Waals surface area contributed by atoms with Gasteiger partial charge in [-0.25, -0.2) is 0 Å². The van der Waals surface area contributed by atoms with Gasteiger partial charge in [-0.05, 0) is 45.7 Å². The van der Waals surface area contributed by atoms with Crippen LogP contribution in [0.25, 0.3) is 0 Å². The predicted octanol–water partition coefficient (Wildman–Crippen LogP) is 2.72. The van der Waals surface area contributed by atoms with Gasteiger partial charge in [0.15, 0.2) is 0 Å². The average molecular weight is 319 g/mol. The molecule has 23 heavy (non-hydrogen) atoms. The minimum Gasteiger partial charge on any atom is -0.336 e. The van der Waals surface area contributed by atoms with Crippen LogP contribution in [0.3, 0.4) is 0 Å². The van der Waals surface area contributed by atoms with Gasteiger partial charge in [0.1, 0.15) is 0 Å². The third-order valence-electron chi connectivity index (χ3n) is 4.38. The molecule has 0 saturated carbocycles. The van der Waals surface area contributed by atoms with E-state index < -0.39 is 4.92 Å². The third-order valence-corrected chi connectivity index (χ3v) is 4.38.